The fourth-order valence-electron chi connectivity index (χ4n) is 4.20. The molecule has 2 aromatic heterocycles. The standard InChI is InChI=1S/C28H22N2O/c1-18(2)14-19-12-13-30-25(15-19)23-10-9-22(17-29)27-24-11-8-21(16-26(24)31-28(23)27)20-6-4-3-5-7-20/h3-13,15-16,18H,14H2,1-2H3. The van der Waals surface area contributed by atoms with Crippen molar-refractivity contribution in [3.8, 4) is 28.5 Å². The Morgan fingerprint density at radius 1 is 0.935 bits per heavy atom. The molecule has 2 heterocycles. The Morgan fingerprint density at radius 2 is 1.77 bits per heavy atom. The van der Waals surface area contributed by atoms with Crippen LogP contribution >= 0.6 is 0 Å². The number of nitrogens with zero attached hydrogens (tertiary/aromatic N) is 2. The first-order valence-electron chi connectivity index (χ1n) is 10.5. The summed E-state index contributed by atoms with van der Waals surface area (Å²) in [6.45, 7) is 4.42. The summed E-state index contributed by atoms with van der Waals surface area (Å²) >= 11 is 0. The van der Waals surface area contributed by atoms with Crippen LogP contribution < -0.4 is 0 Å². The summed E-state index contributed by atoms with van der Waals surface area (Å²) in [4.78, 5) is 4.61. The molecule has 0 aliphatic rings. The molecule has 0 atom stereocenters. The Kier molecular flexibility index (Phi) is 4.76. The molecule has 5 rings (SSSR count). The second-order valence-corrected chi connectivity index (χ2v) is 8.30. The second kappa shape index (κ2) is 7.74. The highest BCUT2D eigenvalue weighted by Gasteiger charge is 2.17. The van der Waals surface area contributed by atoms with Gasteiger partial charge in [-0.1, -0.05) is 50.2 Å². The lowest BCUT2D eigenvalue weighted by molar-refractivity contribution is 0.647. The average Bonchev–Trinajstić information content (AvgIpc) is 3.17. The normalized spacial score (nSPS) is 11.3. The Labute approximate surface area is 181 Å². The van der Waals surface area contributed by atoms with Gasteiger partial charge >= 0.3 is 0 Å². The maximum atomic E-state index is 9.74. The Balaban J connectivity index is 1.73. The highest BCUT2D eigenvalue weighted by atomic mass is 16.3. The monoisotopic (exact) mass is 402 g/mol. The van der Waals surface area contributed by atoms with E-state index in [1.807, 2.05) is 36.5 Å². The summed E-state index contributed by atoms with van der Waals surface area (Å²) in [5.41, 5.74) is 7.36. The Morgan fingerprint density at radius 3 is 2.55 bits per heavy atom. The van der Waals surface area contributed by atoms with E-state index in [-0.39, 0.29) is 0 Å². The van der Waals surface area contributed by atoms with Crippen LogP contribution in [0, 0.1) is 17.2 Å². The van der Waals surface area contributed by atoms with Gasteiger partial charge in [0.25, 0.3) is 0 Å². The number of furan rings is 1. The van der Waals surface area contributed by atoms with Crippen molar-refractivity contribution in [3.63, 3.8) is 0 Å². The molecule has 3 nitrogen and oxygen atoms in total. The third-order valence-corrected chi connectivity index (χ3v) is 5.59. The fourth-order valence-corrected chi connectivity index (χ4v) is 4.20. The van der Waals surface area contributed by atoms with Gasteiger partial charge in [-0.3, -0.25) is 4.98 Å². The summed E-state index contributed by atoms with van der Waals surface area (Å²) in [5, 5.41) is 11.5. The van der Waals surface area contributed by atoms with Crippen molar-refractivity contribution in [2.24, 2.45) is 5.92 Å². The highest BCUT2D eigenvalue weighted by molar-refractivity contribution is 6.12. The minimum absolute atomic E-state index is 0.568. The molecule has 0 unspecified atom stereocenters. The summed E-state index contributed by atoms with van der Waals surface area (Å²) in [5.74, 6) is 0.568. The van der Waals surface area contributed by atoms with Gasteiger partial charge in [0, 0.05) is 22.5 Å². The topological polar surface area (TPSA) is 49.8 Å². The highest BCUT2D eigenvalue weighted by Crippen LogP contribution is 2.39. The van der Waals surface area contributed by atoms with Gasteiger partial charge < -0.3 is 4.42 Å². The summed E-state index contributed by atoms with van der Waals surface area (Å²) in [6.07, 6.45) is 2.85. The number of fused-ring (bicyclic) bond motifs is 3. The van der Waals surface area contributed by atoms with Gasteiger partial charge in [0.1, 0.15) is 11.2 Å². The smallest absolute Gasteiger partial charge is 0.146 e. The van der Waals surface area contributed by atoms with Crippen LogP contribution in [0.3, 0.4) is 0 Å². The molecule has 0 aliphatic carbocycles. The Hall–Kier alpha value is -3.90. The zero-order chi connectivity index (χ0) is 21.4. The van der Waals surface area contributed by atoms with E-state index in [4.69, 9.17) is 4.42 Å². The molecule has 0 saturated heterocycles. The molecule has 0 fully saturated rings. The van der Waals surface area contributed by atoms with Crippen molar-refractivity contribution in [1.82, 2.24) is 4.98 Å². The molecular weight excluding hydrogens is 380 g/mol. The van der Waals surface area contributed by atoms with Crippen LogP contribution in [0.15, 0.2) is 83.4 Å². The van der Waals surface area contributed by atoms with Crippen LogP contribution in [-0.2, 0) is 6.42 Å². The van der Waals surface area contributed by atoms with Crippen molar-refractivity contribution in [1.29, 1.82) is 5.26 Å². The molecule has 0 spiro atoms. The minimum atomic E-state index is 0.568. The largest absolute Gasteiger partial charge is 0.455 e. The van der Waals surface area contributed by atoms with Crippen LogP contribution in [-0.4, -0.2) is 4.98 Å². The van der Waals surface area contributed by atoms with Crippen molar-refractivity contribution < 1.29 is 4.42 Å². The molecule has 0 radical (unpaired) electrons. The van der Waals surface area contributed by atoms with Crippen molar-refractivity contribution >= 4 is 21.9 Å². The quantitative estimate of drug-likeness (QED) is 0.315. The van der Waals surface area contributed by atoms with E-state index >= 15 is 0 Å². The molecular formula is C28H22N2O. The predicted molar refractivity (Wildman–Crippen MR) is 126 cm³/mol. The SMILES string of the molecule is CC(C)Cc1ccnc(-c2ccc(C#N)c3c2oc2cc(-c4ccccc4)ccc23)c1. The molecule has 0 N–H and O–H groups in total. The number of hydrogen-bond acceptors (Lipinski definition) is 3. The third-order valence-electron chi connectivity index (χ3n) is 5.59. The zero-order valence-electron chi connectivity index (χ0n) is 17.6. The summed E-state index contributed by atoms with van der Waals surface area (Å²) < 4.78 is 6.37. The van der Waals surface area contributed by atoms with Crippen LogP contribution in [0.1, 0.15) is 25.0 Å². The number of nitriles is 1. The van der Waals surface area contributed by atoms with Gasteiger partial charge in [0.2, 0.25) is 0 Å². The van der Waals surface area contributed by atoms with Crippen LogP contribution in [0.4, 0.5) is 0 Å². The maximum absolute atomic E-state index is 9.74. The van der Waals surface area contributed by atoms with Gasteiger partial charge in [-0.25, -0.2) is 0 Å². The van der Waals surface area contributed by atoms with Gasteiger partial charge in [-0.05, 0) is 65.4 Å². The lowest BCUT2D eigenvalue weighted by Gasteiger charge is -2.08. The van der Waals surface area contributed by atoms with Gasteiger partial charge in [0.15, 0.2) is 0 Å². The van der Waals surface area contributed by atoms with Crippen LogP contribution in [0.25, 0.3) is 44.3 Å². The van der Waals surface area contributed by atoms with Crippen molar-refractivity contribution in [2.75, 3.05) is 0 Å². The lowest BCUT2D eigenvalue weighted by atomic mass is 9.98. The van der Waals surface area contributed by atoms with Crippen molar-refractivity contribution in [2.45, 2.75) is 20.3 Å². The maximum Gasteiger partial charge on any atom is 0.146 e. The number of rotatable bonds is 4. The fraction of sp³-hybridized carbons (Fsp3) is 0.143. The van der Waals surface area contributed by atoms with E-state index in [0.29, 0.717) is 17.1 Å². The van der Waals surface area contributed by atoms with E-state index in [1.165, 1.54) is 5.56 Å². The van der Waals surface area contributed by atoms with Crippen molar-refractivity contribution in [3.05, 3.63) is 90.1 Å². The molecule has 3 aromatic carbocycles. The summed E-state index contributed by atoms with van der Waals surface area (Å²) in [7, 11) is 0. The first-order chi connectivity index (χ1) is 15.1. The number of benzene rings is 3. The summed E-state index contributed by atoms with van der Waals surface area (Å²) in [6, 6.07) is 26.8. The zero-order valence-corrected chi connectivity index (χ0v) is 17.6. The molecule has 150 valence electrons. The van der Waals surface area contributed by atoms with Gasteiger partial charge in [0.05, 0.1) is 17.3 Å². The van der Waals surface area contributed by atoms with E-state index in [0.717, 1.165) is 45.2 Å². The molecule has 0 aliphatic heterocycles. The molecule has 3 heteroatoms. The second-order valence-electron chi connectivity index (χ2n) is 8.30. The first kappa shape index (κ1) is 19.1. The van der Waals surface area contributed by atoms with E-state index in [9.17, 15) is 5.26 Å². The van der Waals surface area contributed by atoms with Crippen LogP contribution in [0.5, 0.6) is 0 Å². The molecule has 31 heavy (non-hydrogen) atoms. The average molecular weight is 402 g/mol. The van der Waals surface area contributed by atoms with E-state index < -0.39 is 0 Å². The Bertz CT molecular complexity index is 1440. The molecule has 0 amide bonds. The molecule has 0 saturated carbocycles. The minimum Gasteiger partial charge on any atom is -0.455 e. The molecule has 0 bridgehead atoms. The van der Waals surface area contributed by atoms with Gasteiger partial charge in [-0.2, -0.15) is 5.26 Å². The van der Waals surface area contributed by atoms with E-state index in [1.54, 1.807) is 0 Å². The third kappa shape index (κ3) is 3.47. The predicted octanol–water partition coefficient (Wildman–Crippen LogP) is 7.39. The number of aromatic nitrogens is 1. The van der Waals surface area contributed by atoms with E-state index in [2.05, 4.69) is 67.4 Å². The van der Waals surface area contributed by atoms with Gasteiger partial charge in [-0.15, -0.1) is 0 Å². The number of pyridine rings is 1. The lowest BCUT2D eigenvalue weighted by Crippen LogP contribution is -1.95. The molecule has 5 aromatic rings. The van der Waals surface area contributed by atoms with Crippen LogP contribution in [0.2, 0.25) is 0 Å². The number of hydrogen-bond donors (Lipinski definition) is 0. The first-order valence-corrected chi connectivity index (χ1v) is 10.5.